The molecule has 1 heterocycles. The molecule has 0 saturated carbocycles. The molecule has 0 bridgehead atoms. The summed E-state index contributed by atoms with van der Waals surface area (Å²) in [5.74, 6) is 0. The third-order valence-electron chi connectivity index (χ3n) is 2.16. The number of carbonyl (C=O) groups is 1. The summed E-state index contributed by atoms with van der Waals surface area (Å²) in [7, 11) is -3.77. The van der Waals surface area contributed by atoms with E-state index in [1.54, 1.807) is 6.92 Å². The second kappa shape index (κ2) is 5.46. The van der Waals surface area contributed by atoms with Crippen LogP contribution in [-0.4, -0.2) is 51.1 Å². The number of hydrogen-bond acceptors (Lipinski definition) is 5. The molecule has 1 amide bonds. The highest BCUT2D eigenvalue weighted by molar-refractivity contribution is 7.87. The van der Waals surface area contributed by atoms with Gasteiger partial charge in [0.05, 0.1) is 6.61 Å². The van der Waals surface area contributed by atoms with E-state index in [-0.39, 0.29) is 12.6 Å². The van der Waals surface area contributed by atoms with E-state index in [2.05, 4.69) is 10.1 Å². The van der Waals surface area contributed by atoms with E-state index >= 15 is 0 Å². The lowest BCUT2D eigenvalue weighted by molar-refractivity contribution is 0.157. The molecule has 1 rings (SSSR count). The highest BCUT2D eigenvalue weighted by Gasteiger charge is 2.28. The van der Waals surface area contributed by atoms with E-state index < -0.39 is 16.3 Å². The normalized spacial score (nSPS) is 22.8. The Morgan fingerprint density at radius 1 is 1.62 bits per heavy atom. The van der Waals surface area contributed by atoms with Crippen molar-refractivity contribution in [1.29, 1.82) is 0 Å². The smallest absolute Gasteiger partial charge is 0.421 e. The van der Waals surface area contributed by atoms with Crippen LogP contribution in [0.25, 0.3) is 0 Å². The molecule has 1 fully saturated rings. The van der Waals surface area contributed by atoms with Crippen LogP contribution in [-0.2, 0) is 14.9 Å². The number of hydrogen-bond donors (Lipinski definition) is 2. The molecule has 0 radical (unpaired) electrons. The first-order valence-corrected chi connectivity index (χ1v) is 6.57. The maximum Gasteiger partial charge on any atom is 0.421 e. The summed E-state index contributed by atoms with van der Waals surface area (Å²) in [5.41, 5.74) is 0. The van der Waals surface area contributed by atoms with Crippen molar-refractivity contribution in [3.05, 3.63) is 0 Å². The van der Waals surface area contributed by atoms with Gasteiger partial charge in [-0.05, 0) is 13.8 Å². The monoisotopic (exact) mass is 251 g/mol. The molecule has 1 aliphatic heterocycles. The van der Waals surface area contributed by atoms with Crippen molar-refractivity contribution in [2.75, 3.05) is 26.2 Å². The molecule has 8 heteroatoms. The Hall–Kier alpha value is -0.860. The van der Waals surface area contributed by atoms with Crippen molar-refractivity contribution in [1.82, 2.24) is 14.3 Å². The van der Waals surface area contributed by atoms with Crippen molar-refractivity contribution in [2.45, 2.75) is 19.9 Å². The minimum Gasteiger partial charge on any atom is -0.449 e. The van der Waals surface area contributed by atoms with Gasteiger partial charge >= 0.3 is 16.3 Å². The zero-order valence-electron chi connectivity index (χ0n) is 9.39. The molecular formula is C8H17N3O4S. The van der Waals surface area contributed by atoms with Crippen molar-refractivity contribution in [3.8, 4) is 0 Å². The minimum absolute atomic E-state index is 0.0764. The number of amides is 1. The molecule has 2 N–H and O–H groups in total. The van der Waals surface area contributed by atoms with Crippen LogP contribution in [0.5, 0.6) is 0 Å². The van der Waals surface area contributed by atoms with Crippen molar-refractivity contribution >= 4 is 16.3 Å². The highest BCUT2D eigenvalue weighted by atomic mass is 32.2. The van der Waals surface area contributed by atoms with E-state index in [4.69, 9.17) is 0 Å². The van der Waals surface area contributed by atoms with Gasteiger partial charge in [0.2, 0.25) is 0 Å². The van der Waals surface area contributed by atoms with Gasteiger partial charge in [-0.15, -0.1) is 0 Å². The molecule has 0 spiro atoms. The quantitative estimate of drug-likeness (QED) is 0.690. The van der Waals surface area contributed by atoms with Gasteiger partial charge in [-0.1, -0.05) is 0 Å². The van der Waals surface area contributed by atoms with E-state index in [1.165, 1.54) is 4.31 Å². The maximum absolute atomic E-state index is 11.7. The van der Waals surface area contributed by atoms with Crippen LogP contribution in [0.2, 0.25) is 0 Å². The third-order valence-corrected chi connectivity index (χ3v) is 3.60. The predicted molar refractivity (Wildman–Crippen MR) is 58.1 cm³/mol. The van der Waals surface area contributed by atoms with Gasteiger partial charge in [0.15, 0.2) is 0 Å². The SMILES string of the molecule is CCOC(=O)NS(=O)(=O)N1CCNC(C)C1. The van der Waals surface area contributed by atoms with Crippen LogP contribution in [0.15, 0.2) is 0 Å². The summed E-state index contributed by atoms with van der Waals surface area (Å²) in [5, 5.41) is 3.11. The summed E-state index contributed by atoms with van der Waals surface area (Å²) >= 11 is 0. The standard InChI is InChI=1S/C8H17N3O4S/c1-3-15-8(12)10-16(13,14)11-5-4-9-7(2)6-11/h7,9H,3-6H2,1-2H3,(H,10,12). The predicted octanol–water partition coefficient (Wildman–Crippen LogP) is -0.729. The highest BCUT2D eigenvalue weighted by Crippen LogP contribution is 2.04. The lowest BCUT2D eigenvalue weighted by Crippen LogP contribution is -2.55. The molecule has 16 heavy (non-hydrogen) atoms. The fraction of sp³-hybridized carbons (Fsp3) is 0.875. The van der Waals surface area contributed by atoms with Crippen LogP contribution < -0.4 is 10.0 Å². The minimum atomic E-state index is -3.77. The van der Waals surface area contributed by atoms with E-state index in [9.17, 15) is 13.2 Å². The first-order chi connectivity index (χ1) is 7.45. The maximum atomic E-state index is 11.7. The van der Waals surface area contributed by atoms with Gasteiger partial charge in [0, 0.05) is 25.7 Å². The summed E-state index contributed by atoms with van der Waals surface area (Å²) in [4.78, 5) is 11.0. The van der Waals surface area contributed by atoms with Crippen LogP contribution in [0, 0.1) is 0 Å². The second-order valence-corrected chi connectivity index (χ2v) is 5.21. The summed E-state index contributed by atoms with van der Waals surface area (Å²) in [6.07, 6.45) is -0.936. The molecular weight excluding hydrogens is 234 g/mol. The van der Waals surface area contributed by atoms with E-state index in [0.717, 1.165) is 0 Å². The molecule has 0 aromatic rings. The molecule has 1 aliphatic rings. The van der Waals surface area contributed by atoms with Gasteiger partial charge in [-0.3, -0.25) is 0 Å². The zero-order valence-corrected chi connectivity index (χ0v) is 10.2. The Morgan fingerprint density at radius 2 is 2.31 bits per heavy atom. The third kappa shape index (κ3) is 3.62. The number of ether oxygens (including phenoxy) is 1. The number of rotatable bonds is 3. The van der Waals surface area contributed by atoms with Gasteiger partial charge in [-0.2, -0.15) is 12.7 Å². The van der Waals surface area contributed by atoms with Crippen molar-refractivity contribution in [3.63, 3.8) is 0 Å². The largest absolute Gasteiger partial charge is 0.449 e. The molecule has 0 aromatic heterocycles. The lowest BCUT2D eigenvalue weighted by atomic mass is 10.3. The van der Waals surface area contributed by atoms with Crippen molar-refractivity contribution in [2.24, 2.45) is 0 Å². The first kappa shape index (κ1) is 13.2. The Kier molecular flexibility index (Phi) is 4.51. The number of nitrogens with zero attached hydrogens (tertiary/aromatic N) is 1. The van der Waals surface area contributed by atoms with Gasteiger partial charge in [0.25, 0.3) is 0 Å². The van der Waals surface area contributed by atoms with Crippen LogP contribution in [0.3, 0.4) is 0 Å². The van der Waals surface area contributed by atoms with Crippen LogP contribution >= 0.6 is 0 Å². The molecule has 0 aliphatic carbocycles. The molecule has 1 saturated heterocycles. The number of carbonyl (C=O) groups excluding carboxylic acids is 1. The topological polar surface area (TPSA) is 87.7 Å². The van der Waals surface area contributed by atoms with Gasteiger partial charge < -0.3 is 10.1 Å². The fourth-order valence-corrected chi connectivity index (χ4v) is 2.60. The summed E-state index contributed by atoms with van der Waals surface area (Å²) in [6, 6.07) is 0.0764. The zero-order chi connectivity index (χ0) is 12.2. The van der Waals surface area contributed by atoms with Gasteiger partial charge in [0.1, 0.15) is 0 Å². The van der Waals surface area contributed by atoms with Gasteiger partial charge in [-0.25, -0.2) is 9.52 Å². The molecule has 1 unspecified atom stereocenters. The molecule has 94 valence electrons. The Morgan fingerprint density at radius 3 is 2.88 bits per heavy atom. The molecule has 0 aromatic carbocycles. The Balaban J connectivity index is 2.59. The van der Waals surface area contributed by atoms with Crippen molar-refractivity contribution < 1.29 is 17.9 Å². The lowest BCUT2D eigenvalue weighted by Gasteiger charge is -2.30. The number of nitrogens with one attached hydrogen (secondary N) is 2. The average molecular weight is 251 g/mol. The number of piperazine rings is 1. The molecule has 1 atom stereocenters. The summed E-state index contributed by atoms with van der Waals surface area (Å²) < 4.78 is 31.0. The second-order valence-electron chi connectivity index (χ2n) is 3.54. The van der Waals surface area contributed by atoms with Crippen LogP contribution in [0.1, 0.15) is 13.8 Å². The van der Waals surface area contributed by atoms with E-state index in [1.807, 2.05) is 11.6 Å². The Bertz CT molecular complexity index is 343. The average Bonchev–Trinajstić information content (AvgIpc) is 2.17. The fourth-order valence-electron chi connectivity index (χ4n) is 1.45. The summed E-state index contributed by atoms with van der Waals surface area (Å²) in [6.45, 7) is 4.89. The molecule has 7 nitrogen and oxygen atoms in total. The Labute approximate surface area is 95.3 Å². The van der Waals surface area contributed by atoms with E-state index in [0.29, 0.717) is 19.6 Å². The first-order valence-electron chi connectivity index (χ1n) is 5.13. The van der Waals surface area contributed by atoms with Crippen LogP contribution in [0.4, 0.5) is 4.79 Å².